The minimum Gasteiger partial charge on any atom is -0.475 e. The third-order valence-electron chi connectivity index (χ3n) is 5.23. The number of aromatic nitrogens is 3. The molecule has 0 unspecified atom stereocenters. The van der Waals surface area contributed by atoms with E-state index >= 15 is 0 Å². The third kappa shape index (κ3) is 3.10. The van der Waals surface area contributed by atoms with Crippen LogP contribution >= 0.6 is 11.6 Å². The molecule has 0 spiro atoms. The molecule has 146 valence electrons. The van der Waals surface area contributed by atoms with Crippen LogP contribution in [0.1, 0.15) is 37.2 Å². The zero-order chi connectivity index (χ0) is 20.1. The number of aliphatic hydroxyl groups is 1. The van der Waals surface area contributed by atoms with Gasteiger partial charge in [0, 0.05) is 22.8 Å². The first-order chi connectivity index (χ1) is 13.3. The topological polar surface area (TPSA) is 80.5 Å². The van der Waals surface area contributed by atoms with Crippen molar-refractivity contribution in [2.75, 3.05) is 18.1 Å². The van der Waals surface area contributed by atoms with Gasteiger partial charge in [0.1, 0.15) is 23.7 Å². The predicted octanol–water partition coefficient (Wildman–Crippen LogP) is 3.46. The summed E-state index contributed by atoms with van der Waals surface area (Å²) in [6.07, 6.45) is 3.23. The number of amides is 1. The lowest BCUT2D eigenvalue weighted by atomic mass is 10.0. The molecule has 1 N–H and O–H groups in total. The molecule has 28 heavy (non-hydrogen) atoms. The molecule has 1 amide bonds. The first-order valence-electron chi connectivity index (χ1n) is 9.05. The Hall–Kier alpha value is -2.64. The number of rotatable bonds is 3. The number of nitrogens with zero attached hydrogens (tertiary/aromatic N) is 4. The first kappa shape index (κ1) is 18.7. The number of hydrogen-bond donors (Lipinski definition) is 1. The largest absolute Gasteiger partial charge is 0.475 e. The molecule has 1 aliphatic rings. The van der Waals surface area contributed by atoms with Crippen LogP contribution in [0.25, 0.3) is 10.9 Å². The second-order valence-corrected chi connectivity index (χ2v) is 7.80. The Morgan fingerprint density at radius 3 is 2.82 bits per heavy atom. The quantitative estimate of drug-likeness (QED) is 0.681. The molecule has 0 saturated heterocycles. The number of carbonyl (C=O) groups is 1. The van der Waals surface area contributed by atoms with Crippen LogP contribution in [0.3, 0.4) is 0 Å². The molecule has 3 heterocycles. The zero-order valence-electron chi connectivity index (χ0n) is 15.9. The van der Waals surface area contributed by atoms with Gasteiger partial charge in [-0.1, -0.05) is 11.6 Å². The van der Waals surface area contributed by atoms with Gasteiger partial charge in [-0.05, 0) is 45.0 Å². The van der Waals surface area contributed by atoms with Crippen LogP contribution in [-0.2, 0) is 0 Å². The predicted molar refractivity (Wildman–Crippen MR) is 107 cm³/mol. The van der Waals surface area contributed by atoms with Gasteiger partial charge in [0.2, 0.25) is 5.88 Å². The number of benzene rings is 1. The van der Waals surface area contributed by atoms with Crippen LogP contribution in [0.2, 0.25) is 5.15 Å². The molecule has 2 aromatic heterocycles. The lowest BCUT2D eigenvalue weighted by molar-refractivity contribution is 0.0322. The van der Waals surface area contributed by atoms with E-state index in [0.29, 0.717) is 13.2 Å². The highest BCUT2D eigenvalue weighted by molar-refractivity contribution is 6.33. The number of ether oxygens (including phenoxy) is 1. The fourth-order valence-electron chi connectivity index (χ4n) is 3.35. The molecule has 1 aliphatic heterocycles. The standard InChI is InChI=1S/C20H21ClN4O3/c1-12(20(2,3)27)24-7-6-13-10-14(4-5-15(13)24)25-8-9-28-18-16(19(25)26)17(21)22-11-23-18/h4-7,10-12,27H,8-9H2,1-3H3/t12-/m0/s1. The molecule has 0 fully saturated rings. The summed E-state index contributed by atoms with van der Waals surface area (Å²) in [5, 5.41) is 11.4. The lowest BCUT2D eigenvalue weighted by Crippen LogP contribution is -2.32. The van der Waals surface area contributed by atoms with Crippen molar-refractivity contribution in [3.8, 4) is 5.88 Å². The van der Waals surface area contributed by atoms with Crippen molar-refractivity contribution in [3.05, 3.63) is 47.5 Å². The number of anilines is 1. The molecule has 0 aliphatic carbocycles. The highest BCUT2D eigenvalue weighted by Gasteiger charge is 2.29. The Morgan fingerprint density at radius 1 is 1.29 bits per heavy atom. The van der Waals surface area contributed by atoms with E-state index in [1.54, 1.807) is 18.7 Å². The van der Waals surface area contributed by atoms with Gasteiger partial charge in [-0.2, -0.15) is 0 Å². The first-order valence-corrected chi connectivity index (χ1v) is 9.43. The van der Waals surface area contributed by atoms with Gasteiger partial charge >= 0.3 is 0 Å². The van der Waals surface area contributed by atoms with Crippen LogP contribution in [-0.4, -0.2) is 44.3 Å². The summed E-state index contributed by atoms with van der Waals surface area (Å²) in [4.78, 5) is 22.6. The molecular weight excluding hydrogens is 380 g/mol. The molecule has 3 aromatic rings. The monoisotopic (exact) mass is 400 g/mol. The van der Waals surface area contributed by atoms with Gasteiger partial charge in [0.25, 0.3) is 5.91 Å². The van der Waals surface area contributed by atoms with Crippen molar-refractivity contribution in [2.24, 2.45) is 0 Å². The summed E-state index contributed by atoms with van der Waals surface area (Å²) in [5.41, 5.74) is 1.04. The fraction of sp³-hybridized carbons (Fsp3) is 0.350. The van der Waals surface area contributed by atoms with Crippen LogP contribution in [0.5, 0.6) is 5.88 Å². The molecule has 0 bridgehead atoms. The molecule has 0 radical (unpaired) electrons. The smallest absolute Gasteiger partial charge is 0.267 e. The van der Waals surface area contributed by atoms with Crippen molar-refractivity contribution in [3.63, 3.8) is 0 Å². The maximum Gasteiger partial charge on any atom is 0.267 e. The highest BCUT2D eigenvalue weighted by Crippen LogP contribution is 2.32. The van der Waals surface area contributed by atoms with E-state index in [2.05, 4.69) is 9.97 Å². The Labute approximate surface area is 167 Å². The average molecular weight is 401 g/mol. The fourth-order valence-corrected chi connectivity index (χ4v) is 3.56. The number of carbonyl (C=O) groups excluding carboxylic acids is 1. The van der Waals surface area contributed by atoms with Crippen LogP contribution in [0.4, 0.5) is 5.69 Å². The van der Waals surface area contributed by atoms with Gasteiger partial charge in [-0.15, -0.1) is 0 Å². The average Bonchev–Trinajstić information content (AvgIpc) is 2.98. The van der Waals surface area contributed by atoms with Gasteiger partial charge in [-0.3, -0.25) is 4.79 Å². The highest BCUT2D eigenvalue weighted by atomic mass is 35.5. The summed E-state index contributed by atoms with van der Waals surface area (Å²) in [5.74, 6) is -0.0829. The van der Waals surface area contributed by atoms with Crippen molar-refractivity contribution in [2.45, 2.75) is 32.4 Å². The van der Waals surface area contributed by atoms with Gasteiger partial charge in [0.05, 0.1) is 18.2 Å². The SMILES string of the molecule is C[C@H](n1ccc2cc(N3CCOc4ncnc(Cl)c4C3=O)ccc21)C(C)(C)O. The molecule has 1 aromatic carbocycles. The Kier molecular flexibility index (Phi) is 4.51. The molecule has 1 atom stereocenters. The number of hydrogen-bond acceptors (Lipinski definition) is 5. The normalized spacial score (nSPS) is 15.9. The Bertz CT molecular complexity index is 1060. The van der Waals surface area contributed by atoms with Crippen LogP contribution < -0.4 is 9.64 Å². The zero-order valence-corrected chi connectivity index (χ0v) is 16.6. The molecule has 4 rings (SSSR count). The number of fused-ring (bicyclic) bond motifs is 2. The van der Waals surface area contributed by atoms with Gasteiger partial charge in [-0.25, -0.2) is 9.97 Å². The third-order valence-corrected chi connectivity index (χ3v) is 5.52. The maximum absolute atomic E-state index is 13.1. The molecular formula is C20H21ClN4O3. The minimum absolute atomic E-state index is 0.0770. The molecule has 8 heteroatoms. The van der Waals surface area contributed by atoms with E-state index in [-0.39, 0.29) is 28.5 Å². The van der Waals surface area contributed by atoms with Crippen LogP contribution in [0, 0.1) is 0 Å². The lowest BCUT2D eigenvalue weighted by Gasteiger charge is -2.28. The van der Waals surface area contributed by atoms with E-state index < -0.39 is 5.60 Å². The van der Waals surface area contributed by atoms with E-state index in [1.807, 2.05) is 42.0 Å². The Balaban J connectivity index is 1.74. The van der Waals surface area contributed by atoms with Crippen molar-refractivity contribution >= 4 is 34.1 Å². The summed E-state index contributed by atoms with van der Waals surface area (Å²) < 4.78 is 7.62. The van der Waals surface area contributed by atoms with Crippen LogP contribution in [0.15, 0.2) is 36.8 Å². The minimum atomic E-state index is -0.858. The van der Waals surface area contributed by atoms with Gasteiger partial charge < -0.3 is 19.3 Å². The second kappa shape index (κ2) is 6.76. The van der Waals surface area contributed by atoms with E-state index in [4.69, 9.17) is 16.3 Å². The maximum atomic E-state index is 13.1. The van der Waals surface area contributed by atoms with E-state index in [1.165, 1.54) is 6.33 Å². The van der Waals surface area contributed by atoms with Gasteiger partial charge in [0.15, 0.2) is 0 Å². The Morgan fingerprint density at radius 2 is 2.07 bits per heavy atom. The van der Waals surface area contributed by atoms with Crippen molar-refractivity contribution in [1.82, 2.24) is 14.5 Å². The van der Waals surface area contributed by atoms with E-state index in [0.717, 1.165) is 16.6 Å². The summed E-state index contributed by atoms with van der Waals surface area (Å²) in [6, 6.07) is 7.66. The summed E-state index contributed by atoms with van der Waals surface area (Å²) in [6.45, 7) is 6.23. The van der Waals surface area contributed by atoms with Crippen molar-refractivity contribution in [1.29, 1.82) is 0 Å². The molecule has 7 nitrogen and oxygen atoms in total. The van der Waals surface area contributed by atoms with E-state index in [9.17, 15) is 9.90 Å². The summed E-state index contributed by atoms with van der Waals surface area (Å²) >= 11 is 6.13. The number of halogens is 1. The second-order valence-electron chi connectivity index (χ2n) is 7.45. The van der Waals surface area contributed by atoms with Crippen molar-refractivity contribution < 1.29 is 14.6 Å². The molecule has 0 saturated carbocycles. The summed E-state index contributed by atoms with van der Waals surface area (Å²) in [7, 11) is 0.